The lowest BCUT2D eigenvalue weighted by Crippen LogP contribution is -2.26. The predicted octanol–water partition coefficient (Wildman–Crippen LogP) is 5.65. The largest absolute Gasteiger partial charge is 0.294 e. The number of carbonyl (C=O) groups excluding carboxylic acids is 2. The number of amides is 1. The number of nitrogens with zero attached hydrogens (tertiary/aromatic N) is 1. The van der Waals surface area contributed by atoms with E-state index in [0.29, 0.717) is 18.4 Å². The summed E-state index contributed by atoms with van der Waals surface area (Å²) < 4.78 is 0. The van der Waals surface area contributed by atoms with Gasteiger partial charge in [-0.1, -0.05) is 73.7 Å². The van der Waals surface area contributed by atoms with Gasteiger partial charge in [0.15, 0.2) is 5.78 Å². The first-order valence-electron chi connectivity index (χ1n) is 9.19. The average molecular weight is 357 g/mol. The lowest BCUT2D eigenvalue weighted by atomic mass is 9.95. The molecule has 0 spiro atoms. The summed E-state index contributed by atoms with van der Waals surface area (Å²) in [6.07, 6.45) is 0.826. The van der Waals surface area contributed by atoms with Crippen molar-refractivity contribution in [3.05, 3.63) is 96.6 Å². The molecule has 0 radical (unpaired) electrons. The normalized spacial score (nSPS) is 11.6. The Hall–Kier alpha value is -3.20. The number of hydrogen-bond acceptors (Lipinski definition) is 2. The van der Waals surface area contributed by atoms with Crippen molar-refractivity contribution < 1.29 is 9.59 Å². The number of rotatable bonds is 7. The van der Waals surface area contributed by atoms with Crippen molar-refractivity contribution in [1.29, 1.82) is 0 Å². The molecule has 1 atom stereocenters. The molecular weight excluding hydrogens is 334 g/mol. The van der Waals surface area contributed by atoms with Gasteiger partial charge in [-0.3, -0.25) is 14.5 Å². The Morgan fingerprint density at radius 1 is 0.741 bits per heavy atom. The van der Waals surface area contributed by atoms with Crippen LogP contribution in [0.15, 0.2) is 91.0 Å². The van der Waals surface area contributed by atoms with Gasteiger partial charge in [0.25, 0.3) is 0 Å². The van der Waals surface area contributed by atoms with Crippen LogP contribution in [0.2, 0.25) is 0 Å². The molecule has 0 saturated carbocycles. The average Bonchev–Trinajstić information content (AvgIpc) is 2.74. The van der Waals surface area contributed by atoms with Crippen molar-refractivity contribution in [3.8, 4) is 0 Å². The van der Waals surface area contributed by atoms with Crippen molar-refractivity contribution in [1.82, 2.24) is 0 Å². The second kappa shape index (κ2) is 8.95. The number of ketones is 1. The summed E-state index contributed by atoms with van der Waals surface area (Å²) in [4.78, 5) is 27.3. The maximum Gasteiger partial charge on any atom is 0.231 e. The summed E-state index contributed by atoms with van der Waals surface area (Å²) in [5.74, 6) is -0.140. The van der Waals surface area contributed by atoms with Gasteiger partial charge >= 0.3 is 0 Å². The third kappa shape index (κ3) is 4.70. The van der Waals surface area contributed by atoms with Crippen LogP contribution in [0.1, 0.15) is 30.1 Å². The molecule has 0 aliphatic rings. The highest BCUT2D eigenvalue weighted by Gasteiger charge is 2.21. The Morgan fingerprint density at radius 3 is 1.67 bits per heavy atom. The highest BCUT2D eigenvalue weighted by Crippen LogP contribution is 2.27. The van der Waals surface area contributed by atoms with Gasteiger partial charge in [0.1, 0.15) is 0 Å². The van der Waals surface area contributed by atoms with E-state index >= 15 is 0 Å². The lowest BCUT2D eigenvalue weighted by Gasteiger charge is -2.23. The van der Waals surface area contributed by atoms with E-state index < -0.39 is 0 Å². The highest BCUT2D eigenvalue weighted by atomic mass is 16.2. The Labute approximate surface area is 160 Å². The first-order valence-corrected chi connectivity index (χ1v) is 9.19. The van der Waals surface area contributed by atoms with Crippen LogP contribution in [0.4, 0.5) is 11.4 Å². The van der Waals surface area contributed by atoms with E-state index in [-0.39, 0.29) is 17.6 Å². The van der Waals surface area contributed by atoms with Gasteiger partial charge in [-0.25, -0.2) is 0 Å². The maximum absolute atomic E-state index is 13.0. The molecule has 3 rings (SSSR count). The Bertz CT molecular complexity index is 837. The maximum atomic E-state index is 13.0. The summed E-state index contributed by atoms with van der Waals surface area (Å²) in [6, 6.07) is 28.5. The zero-order chi connectivity index (χ0) is 19.1. The molecule has 3 nitrogen and oxygen atoms in total. The van der Waals surface area contributed by atoms with Crippen LogP contribution < -0.4 is 4.90 Å². The molecule has 27 heavy (non-hydrogen) atoms. The molecule has 3 aromatic carbocycles. The number of benzene rings is 3. The van der Waals surface area contributed by atoms with Crippen molar-refractivity contribution in [2.24, 2.45) is 5.92 Å². The molecule has 3 heteroatoms. The Kier molecular flexibility index (Phi) is 6.16. The van der Waals surface area contributed by atoms with Crippen LogP contribution in [0.3, 0.4) is 0 Å². The SMILES string of the molecule is C[C@@H](CCC(=O)N(c1ccccc1)c1ccccc1)C(=O)c1ccccc1. The quantitative estimate of drug-likeness (QED) is 0.512. The van der Waals surface area contributed by atoms with E-state index in [1.54, 1.807) is 4.90 Å². The summed E-state index contributed by atoms with van der Waals surface area (Å²) in [7, 11) is 0. The fraction of sp³-hybridized carbons (Fsp3) is 0.167. The molecule has 0 aliphatic carbocycles. The molecule has 0 bridgehead atoms. The molecule has 0 heterocycles. The minimum atomic E-state index is -0.204. The first kappa shape index (κ1) is 18.6. The van der Waals surface area contributed by atoms with Crippen LogP contribution in [-0.2, 0) is 4.79 Å². The molecular formula is C24H23NO2. The van der Waals surface area contributed by atoms with Crippen LogP contribution in [0.5, 0.6) is 0 Å². The molecule has 0 aliphatic heterocycles. The molecule has 1 amide bonds. The van der Waals surface area contributed by atoms with Gasteiger partial charge in [-0.2, -0.15) is 0 Å². The van der Waals surface area contributed by atoms with Crippen LogP contribution >= 0.6 is 0 Å². The van der Waals surface area contributed by atoms with E-state index in [1.165, 1.54) is 0 Å². The molecule has 0 aromatic heterocycles. The topological polar surface area (TPSA) is 37.4 Å². The number of hydrogen-bond donors (Lipinski definition) is 0. The second-order valence-corrected chi connectivity index (χ2v) is 6.57. The van der Waals surface area contributed by atoms with E-state index in [1.807, 2.05) is 97.9 Å². The number of Topliss-reactive ketones (excluding diaryl/α,β-unsaturated/α-hetero) is 1. The van der Waals surface area contributed by atoms with Gasteiger partial charge < -0.3 is 0 Å². The number of para-hydroxylation sites is 2. The van der Waals surface area contributed by atoms with Crippen molar-refractivity contribution in [2.75, 3.05) is 4.90 Å². The van der Waals surface area contributed by atoms with Gasteiger partial charge in [0, 0.05) is 29.3 Å². The molecule has 0 unspecified atom stereocenters. The minimum Gasteiger partial charge on any atom is -0.294 e. The summed E-state index contributed by atoms with van der Waals surface area (Å²) >= 11 is 0. The van der Waals surface area contributed by atoms with Crippen LogP contribution in [0, 0.1) is 5.92 Å². The van der Waals surface area contributed by atoms with E-state index in [9.17, 15) is 9.59 Å². The summed E-state index contributed by atoms with van der Waals surface area (Å²) in [5, 5.41) is 0. The van der Waals surface area contributed by atoms with Crippen molar-refractivity contribution in [2.45, 2.75) is 19.8 Å². The fourth-order valence-electron chi connectivity index (χ4n) is 3.06. The van der Waals surface area contributed by atoms with Gasteiger partial charge in [0.2, 0.25) is 5.91 Å². The van der Waals surface area contributed by atoms with E-state index in [0.717, 1.165) is 11.4 Å². The Morgan fingerprint density at radius 2 is 1.19 bits per heavy atom. The molecule has 0 saturated heterocycles. The third-order valence-electron chi connectivity index (χ3n) is 4.58. The highest BCUT2D eigenvalue weighted by molar-refractivity contribution is 6.01. The summed E-state index contributed by atoms with van der Waals surface area (Å²) in [6.45, 7) is 1.89. The van der Waals surface area contributed by atoms with Gasteiger partial charge in [0.05, 0.1) is 0 Å². The predicted molar refractivity (Wildman–Crippen MR) is 109 cm³/mol. The van der Waals surface area contributed by atoms with E-state index in [2.05, 4.69) is 0 Å². The monoisotopic (exact) mass is 357 g/mol. The third-order valence-corrected chi connectivity index (χ3v) is 4.58. The molecule has 0 N–H and O–H groups in total. The van der Waals surface area contributed by atoms with Crippen LogP contribution in [0.25, 0.3) is 0 Å². The Balaban J connectivity index is 1.73. The smallest absolute Gasteiger partial charge is 0.231 e. The second-order valence-electron chi connectivity index (χ2n) is 6.57. The zero-order valence-electron chi connectivity index (χ0n) is 15.4. The van der Waals surface area contributed by atoms with Gasteiger partial charge in [-0.05, 0) is 30.7 Å². The minimum absolute atomic E-state index is 0.0138. The zero-order valence-corrected chi connectivity index (χ0v) is 15.4. The van der Waals surface area contributed by atoms with E-state index in [4.69, 9.17) is 0 Å². The molecule has 0 fully saturated rings. The number of carbonyl (C=O) groups is 2. The van der Waals surface area contributed by atoms with Crippen molar-refractivity contribution >= 4 is 23.1 Å². The van der Waals surface area contributed by atoms with Crippen LogP contribution in [-0.4, -0.2) is 11.7 Å². The molecule has 136 valence electrons. The standard InChI is InChI=1S/C24H23NO2/c1-19(24(27)20-11-5-2-6-12-20)17-18-23(26)25(21-13-7-3-8-14-21)22-15-9-4-10-16-22/h2-16,19H,17-18H2,1H3/t19-/m0/s1. The first-order chi connectivity index (χ1) is 13.2. The van der Waals surface area contributed by atoms with Gasteiger partial charge in [-0.15, -0.1) is 0 Å². The fourth-order valence-corrected chi connectivity index (χ4v) is 3.06. The summed E-state index contributed by atoms with van der Waals surface area (Å²) in [5.41, 5.74) is 2.35. The lowest BCUT2D eigenvalue weighted by molar-refractivity contribution is -0.118. The number of anilines is 2. The van der Waals surface area contributed by atoms with Crippen molar-refractivity contribution in [3.63, 3.8) is 0 Å². The molecule has 3 aromatic rings.